The number of hydrogen-bond donors (Lipinski definition) is 2. The molecule has 1 fully saturated rings. The van der Waals surface area contributed by atoms with Crippen molar-refractivity contribution in [2.24, 2.45) is 5.92 Å². The van der Waals surface area contributed by atoms with Crippen LogP contribution in [0.25, 0.3) is 11.1 Å². The predicted molar refractivity (Wildman–Crippen MR) is 108 cm³/mol. The minimum Gasteiger partial charge on any atom is -0.382 e. The maximum Gasteiger partial charge on any atom is 0.272 e. The average Bonchev–Trinajstić information content (AvgIpc) is 3.15. The van der Waals surface area contributed by atoms with E-state index in [1.807, 2.05) is 60.7 Å². The average molecular weight is 374 g/mol. The number of carbonyl (C=O) groups excluding carboxylic acids is 2. The first kappa shape index (κ1) is 18.0. The quantitative estimate of drug-likeness (QED) is 0.685. The highest BCUT2D eigenvalue weighted by Gasteiger charge is 2.31. The highest BCUT2D eigenvalue weighted by molar-refractivity contribution is 6.02. The van der Waals surface area contributed by atoms with Gasteiger partial charge in [-0.3, -0.25) is 14.7 Å². The Morgan fingerprint density at radius 3 is 2.43 bits per heavy atom. The van der Waals surface area contributed by atoms with Gasteiger partial charge in [-0.15, -0.1) is 0 Å². The molecular formula is C22H22N4O2. The lowest BCUT2D eigenvalue weighted by atomic mass is 9.89. The number of nitrogens with two attached hydrogens (primary N) is 1. The second-order valence-corrected chi connectivity index (χ2v) is 7.05. The van der Waals surface area contributed by atoms with E-state index in [4.69, 9.17) is 5.73 Å². The molecule has 4 rings (SSSR count). The van der Waals surface area contributed by atoms with Gasteiger partial charge in [0.15, 0.2) is 11.6 Å². The number of anilines is 1. The van der Waals surface area contributed by atoms with Gasteiger partial charge in [-0.05, 0) is 18.4 Å². The fraction of sp³-hybridized carbons (Fsp3) is 0.227. The van der Waals surface area contributed by atoms with Crippen LogP contribution < -0.4 is 5.73 Å². The van der Waals surface area contributed by atoms with Crippen LogP contribution in [0.5, 0.6) is 0 Å². The number of nitrogens with one attached hydrogen (secondary N) is 1. The number of likely N-dealkylation sites (tertiary alicyclic amines) is 1. The van der Waals surface area contributed by atoms with E-state index >= 15 is 0 Å². The monoisotopic (exact) mass is 374 g/mol. The third-order valence-electron chi connectivity index (χ3n) is 5.21. The van der Waals surface area contributed by atoms with Gasteiger partial charge >= 0.3 is 0 Å². The summed E-state index contributed by atoms with van der Waals surface area (Å²) in [7, 11) is 0. The van der Waals surface area contributed by atoms with Crippen molar-refractivity contribution >= 4 is 17.5 Å². The molecule has 2 heterocycles. The maximum absolute atomic E-state index is 13.2. The lowest BCUT2D eigenvalue weighted by Crippen LogP contribution is -2.42. The second-order valence-electron chi connectivity index (χ2n) is 7.05. The van der Waals surface area contributed by atoms with Crippen LogP contribution in [-0.2, 0) is 0 Å². The van der Waals surface area contributed by atoms with Gasteiger partial charge < -0.3 is 10.6 Å². The number of nitrogen functional groups attached to an aromatic ring is 1. The zero-order valence-corrected chi connectivity index (χ0v) is 15.5. The molecule has 0 unspecified atom stereocenters. The summed E-state index contributed by atoms with van der Waals surface area (Å²) in [5.74, 6) is 0.0168. The Labute approximate surface area is 163 Å². The number of hydrogen-bond acceptors (Lipinski definition) is 4. The molecule has 1 aliphatic heterocycles. The molecule has 28 heavy (non-hydrogen) atoms. The molecule has 142 valence electrons. The number of H-pyrrole nitrogens is 1. The largest absolute Gasteiger partial charge is 0.382 e. The van der Waals surface area contributed by atoms with E-state index < -0.39 is 0 Å². The molecule has 0 saturated carbocycles. The lowest BCUT2D eigenvalue weighted by molar-refractivity contribution is 0.0632. The minimum absolute atomic E-state index is 0.0884. The van der Waals surface area contributed by atoms with E-state index in [-0.39, 0.29) is 17.6 Å². The Kier molecular flexibility index (Phi) is 4.93. The number of nitrogens with zero attached hydrogens (tertiary/aromatic N) is 2. The highest BCUT2D eigenvalue weighted by atomic mass is 16.2. The van der Waals surface area contributed by atoms with Crippen LogP contribution >= 0.6 is 0 Å². The first-order chi connectivity index (χ1) is 13.6. The second kappa shape index (κ2) is 7.68. The first-order valence-electron chi connectivity index (χ1n) is 9.43. The summed E-state index contributed by atoms with van der Waals surface area (Å²) in [6, 6.07) is 18.8. The first-order valence-corrected chi connectivity index (χ1v) is 9.43. The van der Waals surface area contributed by atoms with E-state index in [0.29, 0.717) is 35.7 Å². The van der Waals surface area contributed by atoms with Gasteiger partial charge in [0.25, 0.3) is 5.91 Å². The van der Waals surface area contributed by atoms with Crippen LogP contribution in [0, 0.1) is 5.92 Å². The standard InChI is InChI=1S/C22H22N4O2/c23-21-18(15-8-3-1-4-9-15)19(24-25-21)22(28)26-13-7-12-17(14-26)20(27)16-10-5-2-6-11-16/h1-6,8-11,17H,7,12-14H2,(H3,23,24,25)/t17-/m1/s1. The van der Waals surface area contributed by atoms with Crippen molar-refractivity contribution in [3.8, 4) is 11.1 Å². The third-order valence-corrected chi connectivity index (χ3v) is 5.21. The van der Waals surface area contributed by atoms with Gasteiger partial charge in [0, 0.05) is 24.6 Å². The number of aromatic nitrogens is 2. The zero-order chi connectivity index (χ0) is 19.5. The van der Waals surface area contributed by atoms with Gasteiger partial charge in [0.05, 0.1) is 5.56 Å². The highest BCUT2D eigenvalue weighted by Crippen LogP contribution is 2.30. The summed E-state index contributed by atoms with van der Waals surface area (Å²) in [6.07, 6.45) is 1.58. The molecule has 0 spiro atoms. The van der Waals surface area contributed by atoms with E-state index in [1.54, 1.807) is 4.90 Å². The molecule has 1 aliphatic rings. The van der Waals surface area contributed by atoms with Gasteiger partial charge in [0.2, 0.25) is 0 Å². The summed E-state index contributed by atoms with van der Waals surface area (Å²) in [5, 5.41) is 6.84. The van der Waals surface area contributed by atoms with Crippen LogP contribution in [-0.4, -0.2) is 39.9 Å². The normalized spacial score (nSPS) is 16.7. The molecule has 6 heteroatoms. The molecule has 3 N–H and O–H groups in total. The third kappa shape index (κ3) is 3.41. The van der Waals surface area contributed by atoms with E-state index in [9.17, 15) is 9.59 Å². The molecule has 3 aromatic rings. The molecule has 1 amide bonds. The minimum atomic E-state index is -0.194. The van der Waals surface area contributed by atoms with Crippen molar-refractivity contribution in [1.29, 1.82) is 0 Å². The topological polar surface area (TPSA) is 92.1 Å². The molecule has 0 bridgehead atoms. The smallest absolute Gasteiger partial charge is 0.272 e. The molecule has 1 aromatic heterocycles. The summed E-state index contributed by atoms with van der Waals surface area (Å²) in [4.78, 5) is 27.7. The van der Waals surface area contributed by atoms with Crippen LogP contribution in [0.4, 0.5) is 5.82 Å². The number of rotatable bonds is 4. The Morgan fingerprint density at radius 1 is 1.04 bits per heavy atom. The summed E-state index contributed by atoms with van der Waals surface area (Å²) < 4.78 is 0. The van der Waals surface area contributed by atoms with Crippen LogP contribution in [0.2, 0.25) is 0 Å². The number of amides is 1. The van der Waals surface area contributed by atoms with Crippen LogP contribution in [0.1, 0.15) is 33.7 Å². The maximum atomic E-state index is 13.2. The van der Waals surface area contributed by atoms with Gasteiger partial charge in [-0.25, -0.2) is 0 Å². The molecular weight excluding hydrogens is 352 g/mol. The van der Waals surface area contributed by atoms with Crippen molar-refractivity contribution in [3.63, 3.8) is 0 Å². The molecule has 6 nitrogen and oxygen atoms in total. The number of ketones is 1. The van der Waals surface area contributed by atoms with Crippen molar-refractivity contribution in [2.75, 3.05) is 18.8 Å². The lowest BCUT2D eigenvalue weighted by Gasteiger charge is -2.32. The number of Topliss-reactive ketones (excluding diaryl/α,β-unsaturated/α-hetero) is 1. The van der Waals surface area contributed by atoms with Gasteiger partial charge in [0.1, 0.15) is 5.69 Å². The van der Waals surface area contributed by atoms with E-state index in [1.165, 1.54) is 0 Å². The number of carbonyl (C=O) groups is 2. The number of aromatic amines is 1. The summed E-state index contributed by atoms with van der Waals surface area (Å²) in [5.41, 5.74) is 8.54. The van der Waals surface area contributed by atoms with Crippen molar-refractivity contribution < 1.29 is 9.59 Å². The van der Waals surface area contributed by atoms with Crippen LogP contribution in [0.3, 0.4) is 0 Å². The Hall–Kier alpha value is -3.41. The zero-order valence-electron chi connectivity index (χ0n) is 15.5. The Balaban J connectivity index is 1.57. The van der Waals surface area contributed by atoms with Crippen molar-refractivity contribution in [3.05, 3.63) is 71.9 Å². The number of piperidine rings is 1. The SMILES string of the molecule is Nc1n[nH]c(C(=O)N2CCC[C@@H](C(=O)c3ccccc3)C2)c1-c1ccccc1. The van der Waals surface area contributed by atoms with Gasteiger partial charge in [-0.1, -0.05) is 60.7 Å². The molecule has 2 aromatic carbocycles. The number of benzene rings is 2. The van der Waals surface area contributed by atoms with E-state index in [2.05, 4.69) is 10.2 Å². The fourth-order valence-corrected chi connectivity index (χ4v) is 3.78. The predicted octanol–water partition coefficient (Wildman–Crippen LogP) is 3.39. The fourth-order valence-electron chi connectivity index (χ4n) is 3.78. The van der Waals surface area contributed by atoms with Gasteiger partial charge in [-0.2, -0.15) is 5.10 Å². The molecule has 1 atom stereocenters. The van der Waals surface area contributed by atoms with Crippen LogP contribution in [0.15, 0.2) is 60.7 Å². The summed E-state index contributed by atoms with van der Waals surface area (Å²) >= 11 is 0. The van der Waals surface area contributed by atoms with E-state index in [0.717, 1.165) is 18.4 Å². The Bertz CT molecular complexity index is 982. The Morgan fingerprint density at radius 2 is 1.71 bits per heavy atom. The molecule has 1 saturated heterocycles. The van der Waals surface area contributed by atoms with Crippen molar-refractivity contribution in [2.45, 2.75) is 12.8 Å². The molecule has 0 radical (unpaired) electrons. The van der Waals surface area contributed by atoms with Crippen molar-refractivity contribution in [1.82, 2.24) is 15.1 Å². The summed E-state index contributed by atoms with van der Waals surface area (Å²) in [6.45, 7) is 1.02. The molecule has 0 aliphatic carbocycles.